The van der Waals surface area contributed by atoms with E-state index in [2.05, 4.69) is 10.3 Å². The maximum atomic E-state index is 13.5. The van der Waals surface area contributed by atoms with Crippen LogP contribution in [-0.4, -0.2) is 11.5 Å². The highest BCUT2D eigenvalue weighted by Gasteiger charge is 2.09. The summed E-state index contributed by atoms with van der Waals surface area (Å²) in [5.74, 6) is -1.11. The van der Waals surface area contributed by atoms with E-state index >= 15 is 0 Å². The fraction of sp³-hybridized carbons (Fsp3) is 0.267. The highest BCUT2D eigenvalue weighted by Crippen LogP contribution is 2.26. The number of aryl methyl sites for hydroxylation is 1. The molecule has 2 rings (SSSR count). The first-order valence-electron chi connectivity index (χ1n) is 6.39. The summed E-state index contributed by atoms with van der Waals surface area (Å²) in [5, 5.41) is 3.19. The third-order valence-corrected chi connectivity index (χ3v) is 2.77. The maximum absolute atomic E-state index is 13.5. The van der Waals surface area contributed by atoms with Gasteiger partial charge in [0.15, 0.2) is 11.6 Å². The average molecular weight is 278 g/mol. The molecule has 0 saturated heterocycles. The van der Waals surface area contributed by atoms with Crippen molar-refractivity contribution in [3.05, 3.63) is 53.2 Å². The van der Waals surface area contributed by atoms with Gasteiger partial charge in [0.1, 0.15) is 5.82 Å². The highest BCUT2D eigenvalue weighted by molar-refractivity contribution is 5.34. The number of halogens is 2. The van der Waals surface area contributed by atoms with E-state index in [0.29, 0.717) is 5.88 Å². The van der Waals surface area contributed by atoms with Crippen LogP contribution >= 0.6 is 0 Å². The van der Waals surface area contributed by atoms with Crippen LogP contribution < -0.4 is 10.1 Å². The summed E-state index contributed by atoms with van der Waals surface area (Å²) >= 11 is 0. The molecule has 1 heterocycles. The standard InChI is InChI=1S/C15H16F2N2O/c1-3-18-8-11-6-10(2)15(19-9-11)20-14-5-4-12(16)7-13(14)17/h4-7,9,18H,3,8H2,1-2H3. The second-order valence-corrected chi connectivity index (χ2v) is 4.42. The fourth-order valence-electron chi connectivity index (χ4n) is 1.76. The van der Waals surface area contributed by atoms with Crippen LogP contribution in [0.25, 0.3) is 0 Å². The van der Waals surface area contributed by atoms with Crippen molar-refractivity contribution in [1.29, 1.82) is 0 Å². The van der Waals surface area contributed by atoms with Crippen LogP contribution in [0.15, 0.2) is 30.5 Å². The molecule has 0 aliphatic rings. The summed E-state index contributed by atoms with van der Waals surface area (Å²) in [4.78, 5) is 4.17. The second kappa shape index (κ2) is 6.43. The van der Waals surface area contributed by atoms with Crippen LogP contribution in [0.2, 0.25) is 0 Å². The van der Waals surface area contributed by atoms with E-state index in [1.807, 2.05) is 19.9 Å². The van der Waals surface area contributed by atoms with Gasteiger partial charge in [-0.2, -0.15) is 0 Å². The zero-order valence-corrected chi connectivity index (χ0v) is 11.4. The molecule has 1 N–H and O–H groups in total. The lowest BCUT2D eigenvalue weighted by Crippen LogP contribution is -2.12. The molecule has 106 valence electrons. The fourth-order valence-corrected chi connectivity index (χ4v) is 1.76. The topological polar surface area (TPSA) is 34.2 Å². The molecular weight excluding hydrogens is 262 g/mol. The average Bonchev–Trinajstić information content (AvgIpc) is 2.42. The summed E-state index contributed by atoms with van der Waals surface area (Å²) in [6.07, 6.45) is 1.67. The largest absolute Gasteiger partial charge is 0.436 e. The summed E-state index contributed by atoms with van der Waals surface area (Å²) in [5.41, 5.74) is 1.82. The first-order chi connectivity index (χ1) is 9.60. The van der Waals surface area contributed by atoms with Gasteiger partial charge >= 0.3 is 0 Å². The van der Waals surface area contributed by atoms with Gasteiger partial charge in [0.2, 0.25) is 5.88 Å². The van der Waals surface area contributed by atoms with E-state index in [9.17, 15) is 8.78 Å². The predicted molar refractivity (Wildman–Crippen MR) is 72.8 cm³/mol. The molecule has 0 aliphatic heterocycles. The Morgan fingerprint density at radius 1 is 1.25 bits per heavy atom. The predicted octanol–water partition coefficient (Wildman–Crippen LogP) is 3.57. The normalized spacial score (nSPS) is 10.6. The van der Waals surface area contributed by atoms with Crippen molar-refractivity contribution in [3.63, 3.8) is 0 Å². The Bertz CT molecular complexity index is 602. The maximum Gasteiger partial charge on any atom is 0.222 e. The number of hydrogen-bond acceptors (Lipinski definition) is 3. The van der Waals surface area contributed by atoms with Crippen molar-refractivity contribution in [1.82, 2.24) is 10.3 Å². The quantitative estimate of drug-likeness (QED) is 0.908. The summed E-state index contributed by atoms with van der Waals surface area (Å²) in [7, 11) is 0. The minimum absolute atomic E-state index is 0.0403. The molecule has 0 fully saturated rings. The van der Waals surface area contributed by atoms with Crippen molar-refractivity contribution in [3.8, 4) is 11.6 Å². The first kappa shape index (κ1) is 14.4. The first-order valence-corrected chi connectivity index (χ1v) is 6.39. The van der Waals surface area contributed by atoms with Crippen molar-refractivity contribution < 1.29 is 13.5 Å². The van der Waals surface area contributed by atoms with Gasteiger partial charge in [-0.15, -0.1) is 0 Å². The Morgan fingerprint density at radius 3 is 2.70 bits per heavy atom. The lowest BCUT2D eigenvalue weighted by molar-refractivity contribution is 0.420. The molecule has 3 nitrogen and oxygen atoms in total. The monoisotopic (exact) mass is 278 g/mol. The molecule has 1 aromatic carbocycles. The van der Waals surface area contributed by atoms with Crippen LogP contribution in [0.4, 0.5) is 8.78 Å². The van der Waals surface area contributed by atoms with Crippen LogP contribution in [0.5, 0.6) is 11.6 Å². The molecular formula is C15H16F2N2O. The third kappa shape index (κ3) is 3.51. The molecule has 0 bridgehead atoms. The van der Waals surface area contributed by atoms with Crippen LogP contribution in [0, 0.1) is 18.6 Å². The lowest BCUT2D eigenvalue weighted by Gasteiger charge is -2.10. The number of aromatic nitrogens is 1. The third-order valence-electron chi connectivity index (χ3n) is 2.77. The second-order valence-electron chi connectivity index (χ2n) is 4.42. The van der Waals surface area contributed by atoms with Gasteiger partial charge in [-0.3, -0.25) is 0 Å². The van der Waals surface area contributed by atoms with E-state index < -0.39 is 11.6 Å². The summed E-state index contributed by atoms with van der Waals surface area (Å²) in [6, 6.07) is 5.10. The van der Waals surface area contributed by atoms with Crippen LogP contribution in [-0.2, 0) is 6.54 Å². The Balaban J connectivity index is 2.17. The van der Waals surface area contributed by atoms with E-state index in [-0.39, 0.29) is 5.75 Å². The number of nitrogens with zero attached hydrogens (tertiary/aromatic N) is 1. The Kier molecular flexibility index (Phi) is 4.63. The molecule has 0 atom stereocenters. The molecule has 20 heavy (non-hydrogen) atoms. The number of ether oxygens (including phenoxy) is 1. The van der Waals surface area contributed by atoms with Gasteiger partial charge < -0.3 is 10.1 Å². The number of hydrogen-bond donors (Lipinski definition) is 1. The molecule has 1 aromatic heterocycles. The van der Waals surface area contributed by atoms with Crippen LogP contribution in [0.3, 0.4) is 0 Å². The van der Waals surface area contributed by atoms with Gasteiger partial charge in [0.05, 0.1) is 0 Å². The molecule has 0 spiro atoms. The number of pyridine rings is 1. The van der Waals surface area contributed by atoms with Crippen LogP contribution in [0.1, 0.15) is 18.1 Å². The summed E-state index contributed by atoms with van der Waals surface area (Å²) < 4.78 is 31.7. The molecule has 0 saturated carbocycles. The smallest absolute Gasteiger partial charge is 0.222 e. The van der Waals surface area contributed by atoms with E-state index in [4.69, 9.17) is 4.74 Å². The Labute approximate surface area is 116 Å². The van der Waals surface area contributed by atoms with Crippen molar-refractivity contribution in [2.24, 2.45) is 0 Å². The SMILES string of the molecule is CCNCc1cnc(Oc2ccc(F)cc2F)c(C)c1. The molecule has 0 aliphatic carbocycles. The lowest BCUT2D eigenvalue weighted by atomic mass is 10.2. The molecule has 0 unspecified atom stereocenters. The Hall–Kier alpha value is -2.01. The summed E-state index contributed by atoms with van der Waals surface area (Å²) in [6.45, 7) is 5.45. The van der Waals surface area contributed by atoms with Crippen molar-refractivity contribution >= 4 is 0 Å². The highest BCUT2D eigenvalue weighted by atomic mass is 19.1. The molecule has 0 radical (unpaired) electrons. The van der Waals surface area contributed by atoms with Gasteiger partial charge in [0.25, 0.3) is 0 Å². The van der Waals surface area contributed by atoms with E-state index in [0.717, 1.165) is 36.3 Å². The van der Waals surface area contributed by atoms with Crippen molar-refractivity contribution in [2.75, 3.05) is 6.54 Å². The van der Waals surface area contributed by atoms with Gasteiger partial charge in [-0.05, 0) is 37.2 Å². The Morgan fingerprint density at radius 2 is 2.05 bits per heavy atom. The van der Waals surface area contributed by atoms with Crippen molar-refractivity contribution in [2.45, 2.75) is 20.4 Å². The minimum Gasteiger partial charge on any atom is -0.436 e. The zero-order valence-electron chi connectivity index (χ0n) is 11.4. The van der Waals surface area contributed by atoms with E-state index in [1.165, 1.54) is 6.07 Å². The molecule has 0 amide bonds. The number of benzene rings is 1. The zero-order chi connectivity index (χ0) is 14.5. The molecule has 5 heteroatoms. The number of nitrogens with one attached hydrogen (secondary N) is 1. The van der Waals surface area contributed by atoms with Gasteiger partial charge in [-0.1, -0.05) is 6.92 Å². The van der Waals surface area contributed by atoms with Gasteiger partial charge in [-0.25, -0.2) is 13.8 Å². The number of rotatable bonds is 5. The minimum atomic E-state index is -0.747. The van der Waals surface area contributed by atoms with E-state index in [1.54, 1.807) is 6.20 Å². The molecule has 2 aromatic rings. The van der Waals surface area contributed by atoms with Gasteiger partial charge in [0, 0.05) is 24.4 Å².